The second-order valence-corrected chi connectivity index (χ2v) is 8.51. The molecule has 0 saturated heterocycles. The molecule has 3 aromatic heterocycles. The van der Waals surface area contributed by atoms with Crippen molar-refractivity contribution in [3.63, 3.8) is 0 Å². The van der Waals surface area contributed by atoms with E-state index in [2.05, 4.69) is 37.7 Å². The standard InChI is InChI=1S/C21H22F3N7O2/c1-2-10-7-11(28-16-15(17(32)18(16)33)25-6-4-21(22,23)24)8-12(10)20-30-29-14-9-27-19-13(31(14)20)3-5-26-19/h3,5,9-12,25-26,28H,2,4,6-8H2,1H3/t10-,11+,12?/m1/s1. The van der Waals surface area contributed by atoms with Crippen molar-refractivity contribution < 1.29 is 13.2 Å². The third-order valence-electron chi connectivity index (χ3n) is 6.49. The Balaban J connectivity index is 1.37. The summed E-state index contributed by atoms with van der Waals surface area (Å²) in [4.78, 5) is 31.4. The number of nitrogens with one attached hydrogen (secondary N) is 3. The highest BCUT2D eigenvalue weighted by molar-refractivity contribution is 5.75. The number of nitrogens with zero attached hydrogens (tertiary/aromatic N) is 4. The van der Waals surface area contributed by atoms with E-state index in [4.69, 9.17) is 0 Å². The van der Waals surface area contributed by atoms with E-state index >= 15 is 0 Å². The quantitative estimate of drug-likeness (QED) is 0.362. The van der Waals surface area contributed by atoms with E-state index in [1.165, 1.54) is 0 Å². The average Bonchev–Trinajstić information content (AvgIpc) is 3.50. The molecule has 9 nitrogen and oxygen atoms in total. The molecule has 33 heavy (non-hydrogen) atoms. The van der Waals surface area contributed by atoms with Gasteiger partial charge in [0.2, 0.25) is 0 Å². The summed E-state index contributed by atoms with van der Waals surface area (Å²) in [5.74, 6) is 1.11. The Bertz CT molecular complexity index is 1380. The van der Waals surface area contributed by atoms with Gasteiger partial charge >= 0.3 is 6.18 Å². The third-order valence-corrected chi connectivity index (χ3v) is 6.49. The van der Waals surface area contributed by atoms with Crippen molar-refractivity contribution >= 4 is 28.2 Å². The zero-order valence-electron chi connectivity index (χ0n) is 17.7. The van der Waals surface area contributed by atoms with Crippen LogP contribution in [-0.4, -0.2) is 43.3 Å². The summed E-state index contributed by atoms with van der Waals surface area (Å²) in [6, 6.07) is 1.79. The van der Waals surface area contributed by atoms with Gasteiger partial charge in [-0.15, -0.1) is 10.2 Å². The van der Waals surface area contributed by atoms with Crippen LogP contribution in [-0.2, 0) is 0 Å². The molecule has 0 radical (unpaired) electrons. The van der Waals surface area contributed by atoms with Crippen LogP contribution < -0.4 is 21.5 Å². The summed E-state index contributed by atoms with van der Waals surface area (Å²) in [6.45, 7) is 1.62. The molecule has 1 aliphatic carbocycles. The zero-order chi connectivity index (χ0) is 23.3. The Labute approximate surface area is 185 Å². The van der Waals surface area contributed by atoms with Crippen LogP contribution in [0.4, 0.5) is 24.5 Å². The van der Waals surface area contributed by atoms with E-state index in [-0.39, 0.29) is 29.3 Å². The minimum absolute atomic E-state index is 0.0520. The summed E-state index contributed by atoms with van der Waals surface area (Å²) in [7, 11) is 0. The zero-order valence-corrected chi connectivity index (χ0v) is 17.7. The first-order chi connectivity index (χ1) is 15.8. The van der Waals surface area contributed by atoms with Crippen molar-refractivity contribution in [1.29, 1.82) is 0 Å². The van der Waals surface area contributed by atoms with Gasteiger partial charge in [0.05, 0.1) is 18.1 Å². The van der Waals surface area contributed by atoms with Crippen LogP contribution in [0.1, 0.15) is 44.3 Å². The maximum atomic E-state index is 12.4. The molecular weight excluding hydrogens is 439 g/mol. The Morgan fingerprint density at radius 1 is 1.18 bits per heavy atom. The molecule has 5 rings (SSSR count). The molecule has 0 aliphatic heterocycles. The topological polar surface area (TPSA) is 117 Å². The van der Waals surface area contributed by atoms with Crippen LogP contribution in [0.25, 0.3) is 16.8 Å². The number of H-pyrrole nitrogens is 1. The Hall–Kier alpha value is -3.44. The number of aromatic amines is 1. The lowest BCUT2D eigenvalue weighted by atomic mass is 9.93. The van der Waals surface area contributed by atoms with Gasteiger partial charge in [-0.05, 0) is 24.8 Å². The van der Waals surface area contributed by atoms with Crippen molar-refractivity contribution in [3.8, 4) is 0 Å². The molecule has 3 heterocycles. The van der Waals surface area contributed by atoms with E-state index in [9.17, 15) is 22.8 Å². The number of aromatic nitrogens is 5. The Morgan fingerprint density at radius 2 is 1.97 bits per heavy atom. The van der Waals surface area contributed by atoms with Crippen LogP contribution >= 0.6 is 0 Å². The van der Waals surface area contributed by atoms with E-state index in [1.54, 1.807) is 12.4 Å². The smallest absolute Gasteiger partial charge is 0.380 e. The number of alkyl halides is 3. The van der Waals surface area contributed by atoms with Gasteiger partial charge in [-0.3, -0.25) is 14.0 Å². The second-order valence-electron chi connectivity index (χ2n) is 8.51. The first kappa shape index (κ1) is 21.4. The lowest BCUT2D eigenvalue weighted by Crippen LogP contribution is -2.39. The largest absolute Gasteiger partial charge is 0.390 e. The third kappa shape index (κ3) is 3.72. The lowest BCUT2D eigenvalue weighted by molar-refractivity contribution is -0.131. The molecule has 0 spiro atoms. The molecule has 3 N–H and O–H groups in total. The van der Waals surface area contributed by atoms with E-state index in [0.29, 0.717) is 12.1 Å². The number of rotatable bonds is 7. The number of halogens is 3. The highest BCUT2D eigenvalue weighted by Crippen LogP contribution is 2.42. The molecule has 0 bridgehead atoms. The molecule has 3 atom stereocenters. The lowest BCUT2D eigenvalue weighted by Gasteiger charge is -2.19. The van der Waals surface area contributed by atoms with Gasteiger partial charge < -0.3 is 15.6 Å². The monoisotopic (exact) mass is 461 g/mol. The van der Waals surface area contributed by atoms with Crippen molar-refractivity contribution in [2.75, 3.05) is 17.2 Å². The molecule has 12 heteroatoms. The average molecular weight is 461 g/mol. The summed E-state index contributed by atoms with van der Waals surface area (Å²) in [5, 5.41) is 14.3. The molecule has 4 aromatic rings. The van der Waals surface area contributed by atoms with Crippen molar-refractivity contribution in [2.24, 2.45) is 5.92 Å². The Kier molecular flexibility index (Phi) is 5.09. The van der Waals surface area contributed by atoms with Crippen molar-refractivity contribution in [1.82, 2.24) is 24.6 Å². The van der Waals surface area contributed by atoms with Gasteiger partial charge in [-0.25, -0.2) is 4.98 Å². The van der Waals surface area contributed by atoms with Gasteiger partial charge in [0.1, 0.15) is 17.2 Å². The Morgan fingerprint density at radius 3 is 2.73 bits per heavy atom. The SMILES string of the molecule is CC[C@@H]1C[C@H](Nc2c(NCCC(F)(F)F)c(=O)c2=O)CC1c1nnc2cnc3[nH]ccc3n12. The minimum atomic E-state index is -4.34. The van der Waals surface area contributed by atoms with Crippen molar-refractivity contribution in [3.05, 3.63) is 44.7 Å². The summed E-state index contributed by atoms with van der Waals surface area (Å²) >= 11 is 0. The number of anilines is 2. The highest BCUT2D eigenvalue weighted by atomic mass is 19.4. The number of hydrogen-bond donors (Lipinski definition) is 3. The fourth-order valence-corrected chi connectivity index (χ4v) is 4.88. The van der Waals surface area contributed by atoms with E-state index in [0.717, 1.165) is 29.8 Å². The van der Waals surface area contributed by atoms with Gasteiger partial charge in [-0.1, -0.05) is 13.3 Å². The summed E-state index contributed by atoms with van der Waals surface area (Å²) in [6.07, 6.45) is 0.289. The molecule has 1 aliphatic rings. The summed E-state index contributed by atoms with van der Waals surface area (Å²) < 4.78 is 39.3. The fourth-order valence-electron chi connectivity index (χ4n) is 4.88. The first-order valence-electron chi connectivity index (χ1n) is 10.8. The van der Waals surface area contributed by atoms with Crippen LogP contribution in [0, 0.1) is 5.92 Å². The van der Waals surface area contributed by atoms with Gasteiger partial charge in [0.15, 0.2) is 11.3 Å². The van der Waals surface area contributed by atoms with Crippen LogP contribution in [0.15, 0.2) is 28.0 Å². The normalized spacial score (nSPS) is 21.4. The van der Waals surface area contributed by atoms with E-state index < -0.39 is 30.0 Å². The van der Waals surface area contributed by atoms with Crippen LogP contribution in [0.2, 0.25) is 0 Å². The predicted molar refractivity (Wildman–Crippen MR) is 116 cm³/mol. The molecule has 0 amide bonds. The maximum Gasteiger partial charge on any atom is 0.390 e. The fraction of sp³-hybridized carbons (Fsp3) is 0.476. The van der Waals surface area contributed by atoms with Gasteiger partial charge in [0, 0.05) is 24.7 Å². The van der Waals surface area contributed by atoms with Gasteiger partial charge in [-0.2, -0.15) is 13.2 Å². The molecule has 1 saturated carbocycles. The van der Waals surface area contributed by atoms with Crippen LogP contribution in [0.5, 0.6) is 0 Å². The number of hydrogen-bond acceptors (Lipinski definition) is 7. The maximum absolute atomic E-state index is 12.4. The predicted octanol–water partition coefficient (Wildman–Crippen LogP) is 2.95. The van der Waals surface area contributed by atoms with Crippen LogP contribution in [0.3, 0.4) is 0 Å². The summed E-state index contributed by atoms with van der Waals surface area (Å²) in [5.41, 5.74) is 0.767. The van der Waals surface area contributed by atoms with E-state index in [1.807, 2.05) is 10.5 Å². The minimum Gasteiger partial charge on any atom is -0.380 e. The van der Waals surface area contributed by atoms with Gasteiger partial charge in [0.25, 0.3) is 10.9 Å². The second kappa shape index (κ2) is 7.85. The number of fused-ring (bicyclic) bond motifs is 3. The molecule has 1 fully saturated rings. The molecule has 1 aromatic carbocycles. The molecule has 174 valence electrons. The molecular formula is C21H22F3N7O2. The van der Waals surface area contributed by atoms with Crippen molar-refractivity contribution in [2.45, 2.75) is 50.7 Å². The highest BCUT2D eigenvalue weighted by Gasteiger charge is 2.38. The first-order valence-corrected chi connectivity index (χ1v) is 10.8. The molecule has 1 unspecified atom stereocenters.